The van der Waals surface area contributed by atoms with Crippen molar-refractivity contribution in [3.05, 3.63) is 23.4 Å². The van der Waals surface area contributed by atoms with Crippen LogP contribution in [0.25, 0.3) is 0 Å². The Labute approximate surface area is 140 Å². The number of nitrogens with zero attached hydrogens (tertiary/aromatic N) is 1. The number of carbonyl (C=O) groups is 1. The van der Waals surface area contributed by atoms with E-state index in [0.717, 1.165) is 25.3 Å². The summed E-state index contributed by atoms with van der Waals surface area (Å²) in [6.45, 7) is 0. The molecule has 0 radical (unpaired) electrons. The predicted molar refractivity (Wildman–Crippen MR) is 82.4 cm³/mol. The highest BCUT2D eigenvalue weighted by Gasteiger charge is 2.42. The molecule has 24 heavy (non-hydrogen) atoms. The van der Waals surface area contributed by atoms with Crippen molar-refractivity contribution in [2.24, 2.45) is 5.92 Å². The summed E-state index contributed by atoms with van der Waals surface area (Å²) in [4.78, 5) is 16.5. The SMILES string of the molecule is COc1ncc(C(F)(F)F)cc1C(=O)C1CC2CCCC(C1)S2=O. The molecule has 0 aliphatic carbocycles. The molecule has 4 nitrogen and oxygen atoms in total. The molecular formula is C16H18F3NO3S. The molecule has 2 saturated heterocycles. The van der Waals surface area contributed by atoms with Crippen LogP contribution in [-0.4, -0.2) is 32.6 Å². The molecule has 132 valence electrons. The third kappa shape index (κ3) is 3.20. The molecule has 3 rings (SSSR count). The molecule has 0 saturated carbocycles. The second-order valence-corrected chi connectivity index (χ2v) is 8.31. The second-order valence-electron chi connectivity index (χ2n) is 6.31. The maximum absolute atomic E-state index is 12.9. The molecule has 2 unspecified atom stereocenters. The number of alkyl halides is 3. The molecule has 2 aliphatic rings. The quantitative estimate of drug-likeness (QED) is 0.775. The topological polar surface area (TPSA) is 56.3 Å². The van der Waals surface area contributed by atoms with Gasteiger partial charge >= 0.3 is 6.18 Å². The monoisotopic (exact) mass is 361 g/mol. The summed E-state index contributed by atoms with van der Waals surface area (Å²) in [6.07, 6.45) is -0.367. The fraction of sp³-hybridized carbons (Fsp3) is 0.625. The fourth-order valence-corrected chi connectivity index (χ4v) is 5.80. The van der Waals surface area contributed by atoms with E-state index < -0.39 is 28.5 Å². The van der Waals surface area contributed by atoms with Gasteiger partial charge in [0.15, 0.2) is 5.78 Å². The summed E-state index contributed by atoms with van der Waals surface area (Å²) in [6, 6.07) is 0.815. The Kier molecular flexibility index (Phi) is 4.68. The molecule has 0 amide bonds. The van der Waals surface area contributed by atoms with Gasteiger partial charge in [0, 0.05) is 33.4 Å². The molecule has 2 fully saturated rings. The van der Waals surface area contributed by atoms with Crippen molar-refractivity contribution in [3.8, 4) is 5.88 Å². The number of pyridine rings is 1. The number of rotatable bonds is 3. The van der Waals surface area contributed by atoms with E-state index >= 15 is 0 Å². The Morgan fingerprint density at radius 3 is 2.46 bits per heavy atom. The zero-order chi connectivity index (χ0) is 17.5. The summed E-state index contributed by atoms with van der Waals surface area (Å²) in [7, 11) is 0.341. The van der Waals surface area contributed by atoms with E-state index in [1.807, 2.05) is 0 Å². The number of ether oxygens (including phenoxy) is 1. The lowest BCUT2D eigenvalue weighted by molar-refractivity contribution is -0.137. The highest BCUT2D eigenvalue weighted by Crippen LogP contribution is 2.39. The molecule has 1 aromatic rings. The first-order chi connectivity index (χ1) is 11.3. The highest BCUT2D eigenvalue weighted by atomic mass is 32.2. The number of aromatic nitrogens is 1. The summed E-state index contributed by atoms with van der Waals surface area (Å²) in [5, 5.41) is -0.0626. The Morgan fingerprint density at radius 1 is 1.29 bits per heavy atom. The number of fused-ring (bicyclic) bond motifs is 2. The van der Waals surface area contributed by atoms with Crippen molar-refractivity contribution in [1.29, 1.82) is 0 Å². The minimum absolute atomic E-state index is 0.0313. The van der Waals surface area contributed by atoms with Crippen LogP contribution < -0.4 is 4.74 Å². The number of hydrogen-bond donors (Lipinski definition) is 0. The highest BCUT2D eigenvalue weighted by molar-refractivity contribution is 7.86. The van der Waals surface area contributed by atoms with Gasteiger partial charge in [-0.15, -0.1) is 0 Å². The zero-order valence-electron chi connectivity index (χ0n) is 13.1. The minimum atomic E-state index is -4.57. The van der Waals surface area contributed by atoms with E-state index in [1.54, 1.807) is 0 Å². The first kappa shape index (κ1) is 17.4. The minimum Gasteiger partial charge on any atom is -0.480 e. The van der Waals surface area contributed by atoms with Crippen molar-refractivity contribution in [3.63, 3.8) is 0 Å². The first-order valence-corrected chi connectivity index (χ1v) is 9.13. The van der Waals surface area contributed by atoms with Gasteiger partial charge in [-0.25, -0.2) is 4.98 Å². The van der Waals surface area contributed by atoms with Gasteiger partial charge in [0.1, 0.15) is 0 Å². The average molecular weight is 361 g/mol. The van der Waals surface area contributed by atoms with Crippen LogP contribution in [0, 0.1) is 5.92 Å². The van der Waals surface area contributed by atoms with E-state index in [4.69, 9.17) is 4.74 Å². The summed E-state index contributed by atoms with van der Waals surface area (Å²) in [5.41, 5.74) is -1.10. The standard InChI is InChI=1S/C16H18F3NO3S/c1-23-15-13(7-10(8-20-15)16(17,18)19)14(21)9-5-11-3-2-4-12(6-9)24(11)22/h7-9,11-12H,2-6H2,1H3. The third-order valence-corrected chi connectivity index (χ3v) is 6.98. The molecule has 2 bridgehead atoms. The van der Waals surface area contributed by atoms with E-state index in [0.29, 0.717) is 19.0 Å². The van der Waals surface area contributed by atoms with Crippen LogP contribution in [0.1, 0.15) is 48.0 Å². The van der Waals surface area contributed by atoms with Crippen LogP contribution >= 0.6 is 0 Å². The normalized spacial score (nSPS) is 30.0. The number of halogens is 3. The van der Waals surface area contributed by atoms with E-state index in [9.17, 15) is 22.2 Å². The molecular weight excluding hydrogens is 343 g/mol. The maximum atomic E-state index is 12.9. The number of Topliss-reactive ketones (excluding diaryl/α,β-unsaturated/α-hetero) is 1. The molecule has 0 spiro atoms. The lowest BCUT2D eigenvalue weighted by Crippen LogP contribution is -2.41. The number of ketones is 1. The summed E-state index contributed by atoms with van der Waals surface area (Å²) < 4.78 is 56.0. The van der Waals surface area contributed by atoms with E-state index in [2.05, 4.69) is 4.98 Å². The summed E-state index contributed by atoms with van der Waals surface area (Å²) in [5.74, 6) is -0.902. The van der Waals surface area contributed by atoms with Crippen LogP contribution in [0.15, 0.2) is 12.3 Å². The van der Waals surface area contributed by atoms with Gasteiger partial charge in [-0.2, -0.15) is 13.2 Å². The third-order valence-electron chi connectivity index (χ3n) is 4.81. The maximum Gasteiger partial charge on any atom is 0.417 e. The van der Waals surface area contributed by atoms with E-state index in [1.165, 1.54) is 7.11 Å². The number of methoxy groups -OCH3 is 1. The Bertz CT molecular complexity index is 661. The molecule has 3 heterocycles. The second kappa shape index (κ2) is 6.46. The van der Waals surface area contributed by atoms with Crippen molar-refractivity contribution >= 4 is 16.6 Å². The fourth-order valence-electron chi connectivity index (χ4n) is 3.61. The molecule has 2 aliphatic heterocycles. The van der Waals surface area contributed by atoms with Crippen molar-refractivity contribution in [2.45, 2.75) is 48.8 Å². The lowest BCUT2D eigenvalue weighted by atomic mass is 9.84. The number of hydrogen-bond acceptors (Lipinski definition) is 4. The zero-order valence-corrected chi connectivity index (χ0v) is 14.0. The average Bonchev–Trinajstić information content (AvgIpc) is 2.52. The molecule has 0 aromatic carbocycles. The van der Waals surface area contributed by atoms with Gasteiger partial charge in [0.25, 0.3) is 0 Å². The van der Waals surface area contributed by atoms with Gasteiger partial charge in [-0.05, 0) is 31.7 Å². The van der Waals surface area contributed by atoms with Crippen LogP contribution in [0.2, 0.25) is 0 Å². The largest absolute Gasteiger partial charge is 0.480 e. The van der Waals surface area contributed by atoms with Gasteiger partial charge in [-0.3, -0.25) is 9.00 Å². The lowest BCUT2D eigenvalue weighted by Gasteiger charge is -2.37. The van der Waals surface area contributed by atoms with E-state index in [-0.39, 0.29) is 27.7 Å². The van der Waals surface area contributed by atoms with Gasteiger partial charge in [0.2, 0.25) is 5.88 Å². The smallest absolute Gasteiger partial charge is 0.417 e. The van der Waals surface area contributed by atoms with Crippen LogP contribution in [0.5, 0.6) is 5.88 Å². The van der Waals surface area contributed by atoms with Crippen molar-refractivity contribution in [2.75, 3.05) is 7.11 Å². The van der Waals surface area contributed by atoms with Crippen molar-refractivity contribution < 1.29 is 26.9 Å². The van der Waals surface area contributed by atoms with Crippen LogP contribution in [0.4, 0.5) is 13.2 Å². The predicted octanol–water partition coefficient (Wildman–Crippen LogP) is 3.37. The molecule has 0 N–H and O–H groups in total. The Balaban J connectivity index is 1.90. The van der Waals surface area contributed by atoms with Crippen LogP contribution in [-0.2, 0) is 17.0 Å². The van der Waals surface area contributed by atoms with Crippen molar-refractivity contribution in [1.82, 2.24) is 4.98 Å². The molecule has 8 heteroatoms. The van der Waals surface area contributed by atoms with Gasteiger partial charge in [0.05, 0.1) is 18.2 Å². The molecule has 1 aromatic heterocycles. The van der Waals surface area contributed by atoms with Crippen LogP contribution in [0.3, 0.4) is 0 Å². The molecule has 2 atom stereocenters. The first-order valence-electron chi connectivity index (χ1n) is 7.86. The Hall–Kier alpha value is -1.44. The van der Waals surface area contributed by atoms with Gasteiger partial charge < -0.3 is 4.74 Å². The Morgan fingerprint density at radius 2 is 1.92 bits per heavy atom. The van der Waals surface area contributed by atoms with Gasteiger partial charge in [-0.1, -0.05) is 6.42 Å². The summed E-state index contributed by atoms with van der Waals surface area (Å²) >= 11 is 0. The number of carbonyl (C=O) groups excluding carboxylic acids is 1.